The quantitative estimate of drug-likeness (QED) is 0.799. The number of piperidine rings is 1. The molecular formula is C20H29N5O. The summed E-state index contributed by atoms with van der Waals surface area (Å²) in [5, 5.41) is 0. The minimum Gasteiger partial charge on any atom is -0.337 e. The molecule has 140 valence electrons. The highest BCUT2D eigenvalue weighted by Gasteiger charge is 2.28. The predicted molar refractivity (Wildman–Crippen MR) is 102 cm³/mol. The lowest BCUT2D eigenvalue weighted by molar-refractivity contribution is 0.0697. The fourth-order valence-electron chi connectivity index (χ4n) is 3.62. The second-order valence-corrected chi connectivity index (χ2v) is 7.39. The number of carbonyl (C=O) groups is 1. The van der Waals surface area contributed by atoms with Crippen LogP contribution >= 0.6 is 0 Å². The van der Waals surface area contributed by atoms with Crippen LogP contribution in [0.5, 0.6) is 0 Å². The second kappa shape index (κ2) is 8.45. The molecule has 6 heteroatoms. The van der Waals surface area contributed by atoms with E-state index in [-0.39, 0.29) is 5.91 Å². The predicted octanol–water partition coefficient (Wildman–Crippen LogP) is 2.56. The first-order chi connectivity index (χ1) is 12.5. The van der Waals surface area contributed by atoms with Crippen molar-refractivity contribution < 1.29 is 4.79 Å². The minimum atomic E-state index is 0.0316. The molecule has 0 spiro atoms. The monoisotopic (exact) mass is 355 g/mol. The molecule has 3 heterocycles. The van der Waals surface area contributed by atoms with Gasteiger partial charge in [0.2, 0.25) is 0 Å². The molecule has 2 aromatic rings. The Morgan fingerprint density at radius 3 is 2.96 bits per heavy atom. The van der Waals surface area contributed by atoms with Crippen LogP contribution in [0.15, 0.2) is 30.6 Å². The maximum Gasteiger partial charge on any atom is 0.272 e. The first kappa shape index (κ1) is 18.6. The number of imidazole rings is 1. The fraction of sp³-hybridized carbons (Fsp3) is 0.550. The fourth-order valence-corrected chi connectivity index (χ4v) is 3.62. The zero-order chi connectivity index (χ0) is 18.5. The number of aromatic nitrogens is 3. The van der Waals surface area contributed by atoms with E-state index in [4.69, 9.17) is 0 Å². The van der Waals surface area contributed by atoms with Crippen LogP contribution < -0.4 is 0 Å². The number of pyridine rings is 1. The zero-order valence-electron chi connectivity index (χ0n) is 16.1. The van der Waals surface area contributed by atoms with Crippen LogP contribution in [0, 0.1) is 6.92 Å². The Kier molecular flexibility index (Phi) is 6.04. The van der Waals surface area contributed by atoms with Gasteiger partial charge in [0.05, 0.1) is 0 Å². The molecule has 0 aliphatic carbocycles. The van der Waals surface area contributed by atoms with Crippen molar-refractivity contribution in [1.29, 1.82) is 0 Å². The Labute approximate surface area is 155 Å². The lowest BCUT2D eigenvalue weighted by Gasteiger charge is -2.32. The van der Waals surface area contributed by atoms with E-state index in [2.05, 4.69) is 39.7 Å². The van der Waals surface area contributed by atoms with Gasteiger partial charge in [-0.1, -0.05) is 6.07 Å². The van der Waals surface area contributed by atoms with Crippen molar-refractivity contribution in [2.24, 2.45) is 0 Å². The van der Waals surface area contributed by atoms with Crippen molar-refractivity contribution in [1.82, 2.24) is 24.3 Å². The van der Waals surface area contributed by atoms with Gasteiger partial charge in [-0.2, -0.15) is 0 Å². The molecular weight excluding hydrogens is 326 g/mol. The van der Waals surface area contributed by atoms with Crippen molar-refractivity contribution in [2.45, 2.75) is 38.6 Å². The summed E-state index contributed by atoms with van der Waals surface area (Å²) in [6.07, 6.45) is 7.13. The van der Waals surface area contributed by atoms with E-state index in [1.165, 1.54) is 0 Å². The minimum absolute atomic E-state index is 0.0316. The van der Waals surface area contributed by atoms with Gasteiger partial charge in [0, 0.05) is 43.6 Å². The van der Waals surface area contributed by atoms with Gasteiger partial charge in [-0.05, 0) is 59.0 Å². The Hall–Kier alpha value is -2.21. The molecule has 2 aromatic heterocycles. The van der Waals surface area contributed by atoms with Gasteiger partial charge >= 0.3 is 0 Å². The van der Waals surface area contributed by atoms with Crippen LogP contribution in [-0.2, 0) is 6.54 Å². The van der Waals surface area contributed by atoms with E-state index < -0.39 is 0 Å². The van der Waals surface area contributed by atoms with E-state index in [1.54, 1.807) is 6.07 Å². The smallest absolute Gasteiger partial charge is 0.272 e. The molecule has 1 saturated heterocycles. The third kappa shape index (κ3) is 4.49. The van der Waals surface area contributed by atoms with Gasteiger partial charge in [0.25, 0.3) is 5.91 Å². The lowest BCUT2D eigenvalue weighted by Crippen LogP contribution is -2.40. The Morgan fingerprint density at radius 2 is 2.19 bits per heavy atom. The van der Waals surface area contributed by atoms with E-state index in [0.29, 0.717) is 11.6 Å². The van der Waals surface area contributed by atoms with Gasteiger partial charge in [-0.15, -0.1) is 0 Å². The molecule has 1 amide bonds. The number of nitrogens with zero attached hydrogens (tertiary/aromatic N) is 5. The van der Waals surface area contributed by atoms with Gasteiger partial charge in [-0.25, -0.2) is 9.97 Å². The summed E-state index contributed by atoms with van der Waals surface area (Å²) in [5.41, 5.74) is 1.42. The highest BCUT2D eigenvalue weighted by molar-refractivity contribution is 5.92. The van der Waals surface area contributed by atoms with Crippen LogP contribution in [0.2, 0.25) is 0 Å². The maximum atomic E-state index is 12.8. The highest BCUT2D eigenvalue weighted by atomic mass is 16.2. The molecule has 26 heavy (non-hydrogen) atoms. The van der Waals surface area contributed by atoms with Gasteiger partial charge in [0.15, 0.2) is 0 Å². The van der Waals surface area contributed by atoms with E-state index in [9.17, 15) is 4.79 Å². The normalized spacial score (nSPS) is 17.7. The van der Waals surface area contributed by atoms with Crippen LogP contribution in [0.3, 0.4) is 0 Å². The second-order valence-electron chi connectivity index (χ2n) is 7.39. The van der Waals surface area contributed by atoms with E-state index >= 15 is 0 Å². The average molecular weight is 355 g/mol. The molecule has 0 radical (unpaired) electrons. The molecule has 1 aliphatic heterocycles. The van der Waals surface area contributed by atoms with Crippen molar-refractivity contribution in [2.75, 3.05) is 33.7 Å². The molecule has 0 aromatic carbocycles. The Balaban J connectivity index is 1.67. The summed E-state index contributed by atoms with van der Waals surface area (Å²) >= 11 is 0. The van der Waals surface area contributed by atoms with E-state index in [0.717, 1.165) is 57.0 Å². The van der Waals surface area contributed by atoms with Gasteiger partial charge in [0.1, 0.15) is 11.5 Å². The number of hydrogen-bond donors (Lipinski definition) is 0. The van der Waals surface area contributed by atoms with Crippen molar-refractivity contribution in [3.8, 4) is 0 Å². The number of likely N-dealkylation sites (tertiary alicyclic amines) is 1. The molecule has 0 bridgehead atoms. The van der Waals surface area contributed by atoms with Crippen molar-refractivity contribution in [3.05, 3.63) is 47.8 Å². The molecule has 0 saturated carbocycles. The topological polar surface area (TPSA) is 54.3 Å². The molecule has 6 nitrogen and oxygen atoms in total. The van der Waals surface area contributed by atoms with Crippen molar-refractivity contribution in [3.63, 3.8) is 0 Å². The molecule has 1 aliphatic rings. The maximum absolute atomic E-state index is 12.8. The number of aryl methyl sites for hydroxylation is 2. The summed E-state index contributed by atoms with van der Waals surface area (Å²) in [7, 11) is 4.19. The van der Waals surface area contributed by atoms with Crippen LogP contribution in [-0.4, -0.2) is 64.0 Å². The van der Waals surface area contributed by atoms with Crippen molar-refractivity contribution >= 4 is 5.91 Å². The van der Waals surface area contributed by atoms with Gasteiger partial charge in [-0.3, -0.25) is 4.79 Å². The summed E-state index contributed by atoms with van der Waals surface area (Å²) in [5.74, 6) is 1.44. The number of hydrogen-bond acceptors (Lipinski definition) is 4. The SMILES string of the molecule is Cc1cccc(C(=O)N2CCCC(c3nccn3CCCN(C)C)C2)n1. The summed E-state index contributed by atoms with van der Waals surface area (Å²) in [4.78, 5) is 26.0. The average Bonchev–Trinajstić information content (AvgIpc) is 3.09. The molecule has 1 atom stereocenters. The third-order valence-electron chi connectivity index (χ3n) is 4.93. The Bertz CT molecular complexity index is 739. The number of carbonyl (C=O) groups excluding carboxylic acids is 1. The van der Waals surface area contributed by atoms with Crippen LogP contribution in [0.1, 0.15) is 47.2 Å². The summed E-state index contributed by atoms with van der Waals surface area (Å²) in [6, 6.07) is 5.62. The number of rotatable bonds is 6. The Morgan fingerprint density at radius 1 is 1.35 bits per heavy atom. The first-order valence-electron chi connectivity index (χ1n) is 9.43. The van der Waals surface area contributed by atoms with Crippen LogP contribution in [0.4, 0.5) is 0 Å². The standard InChI is InChI=1S/C20H29N5O/c1-16-7-4-9-18(22-16)20(26)25-12-5-8-17(15-25)19-21-10-14-24(19)13-6-11-23(2)3/h4,7,9-10,14,17H,5-6,8,11-13,15H2,1-3H3. The summed E-state index contributed by atoms with van der Waals surface area (Å²) < 4.78 is 2.26. The molecule has 3 rings (SSSR count). The van der Waals surface area contributed by atoms with Crippen LogP contribution in [0.25, 0.3) is 0 Å². The summed E-state index contributed by atoms with van der Waals surface area (Å²) in [6.45, 7) is 5.47. The molecule has 1 fully saturated rings. The lowest BCUT2D eigenvalue weighted by atomic mass is 9.96. The first-order valence-corrected chi connectivity index (χ1v) is 9.43. The van der Waals surface area contributed by atoms with E-state index in [1.807, 2.05) is 30.2 Å². The number of amides is 1. The zero-order valence-corrected chi connectivity index (χ0v) is 16.1. The van der Waals surface area contributed by atoms with Gasteiger partial charge < -0.3 is 14.4 Å². The third-order valence-corrected chi connectivity index (χ3v) is 4.93. The molecule has 0 N–H and O–H groups in total. The highest BCUT2D eigenvalue weighted by Crippen LogP contribution is 2.26. The molecule has 1 unspecified atom stereocenters. The largest absolute Gasteiger partial charge is 0.337 e.